The monoisotopic (exact) mass is 232 g/mol. The Morgan fingerprint density at radius 1 is 1.41 bits per heavy atom. The molecule has 92 valence electrons. The van der Waals surface area contributed by atoms with E-state index in [4.69, 9.17) is 0 Å². The predicted molar refractivity (Wildman–Crippen MR) is 68.6 cm³/mol. The highest BCUT2D eigenvalue weighted by Crippen LogP contribution is 2.18. The first kappa shape index (κ1) is 12.1. The van der Waals surface area contributed by atoms with Crippen molar-refractivity contribution in [3.05, 3.63) is 35.9 Å². The summed E-state index contributed by atoms with van der Waals surface area (Å²) in [7, 11) is 0. The van der Waals surface area contributed by atoms with Gasteiger partial charge < -0.3 is 10.6 Å². The number of hydrogen-bond acceptors (Lipinski definition) is 2. The van der Waals surface area contributed by atoms with E-state index >= 15 is 0 Å². The smallest absolute Gasteiger partial charge is 0.225 e. The van der Waals surface area contributed by atoms with Gasteiger partial charge in [0.2, 0.25) is 5.91 Å². The zero-order valence-corrected chi connectivity index (χ0v) is 10.4. The normalized spacial score (nSPS) is 25.5. The van der Waals surface area contributed by atoms with Crippen molar-refractivity contribution in [1.29, 1.82) is 0 Å². The Kier molecular flexibility index (Phi) is 3.79. The Morgan fingerprint density at radius 3 is 2.71 bits per heavy atom. The molecule has 3 heteroatoms. The molecule has 3 nitrogen and oxygen atoms in total. The molecule has 1 amide bonds. The van der Waals surface area contributed by atoms with E-state index in [1.807, 2.05) is 37.3 Å². The lowest BCUT2D eigenvalue weighted by Crippen LogP contribution is -2.37. The Morgan fingerprint density at radius 2 is 2.12 bits per heavy atom. The van der Waals surface area contributed by atoms with Gasteiger partial charge in [0.05, 0.1) is 12.0 Å². The third-order valence-corrected chi connectivity index (χ3v) is 3.52. The van der Waals surface area contributed by atoms with Crippen molar-refractivity contribution >= 4 is 5.91 Å². The molecule has 3 unspecified atom stereocenters. The SMILES string of the molecule is CC(NC(=O)C1CCNC1C)c1ccccc1. The Labute approximate surface area is 103 Å². The minimum absolute atomic E-state index is 0.0801. The second-order valence-corrected chi connectivity index (χ2v) is 4.78. The van der Waals surface area contributed by atoms with Crippen LogP contribution in [0.3, 0.4) is 0 Å². The Bertz CT molecular complexity index is 377. The lowest BCUT2D eigenvalue weighted by atomic mass is 10.00. The zero-order valence-electron chi connectivity index (χ0n) is 10.4. The minimum atomic E-state index is 0.0801. The largest absolute Gasteiger partial charge is 0.349 e. The van der Waals surface area contributed by atoms with Gasteiger partial charge in [-0.3, -0.25) is 4.79 Å². The molecule has 1 fully saturated rings. The standard InChI is InChI=1S/C14H20N2O/c1-10(12-6-4-3-5-7-12)16-14(17)13-8-9-15-11(13)2/h3-7,10-11,13,15H,8-9H2,1-2H3,(H,16,17). The molecule has 0 radical (unpaired) electrons. The Hall–Kier alpha value is -1.35. The van der Waals surface area contributed by atoms with Gasteiger partial charge in [-0.1, -0.05) is 30.3 Å². The average molecular weight is 232 g/mol. The number of nitrogens with one attached hydrogen (secondary N) is 2. The highest BCUT2D eigenvalue weighted by atomic mass is 16.2. The number of benzene rings is 1. The zero-order chi connectivity index (χ0) is 12.3. The number of rotatable bonds is 3. The summed E-state index contributed by atoms with van der Waals surface area (Å²) in [6, 6.07) is 10.4. The summed E-state index contributed by atoms with van der Waals surface area (Å²) in [5, 5.41) is 6.39. The van der Waals surface area contributed by atoms with E-state index in [9.17, 15) is 4.79 Å². The second-order valence-electron chi connectivity index (χ2n) is 4.78. The number of hydrogen-bond donors (Lipinski definition) is 2. The number of amides is 1. The molecule has 3 atom stereocenters. The molecule has 0 bridgehead atoms. The van der Waals surface area contributed by atoms with Crippen LogP contribution in [0.4, 0.5) is 0 Å². The van der Waals surface area contributed by atoms with Crippen molar-refractivity contribution < 1.29 is 4.79 Å². The fourth-order valence-electron chi connectivity index (χ4n) is 2.36. The molecule has 1 saturated heterocycles. The molecular formula is C14H20N2O. The second kappa shape index (κ2) is 5.32. The fourth-order valence-corrected chi connectivity index (χ4v) is 2.36. The summed E-state index contributed by atoms with van der Waals surface area (Å²) in [4.78, 5) is 12.1. The predicted octanol–water partition coefficient (Wildman–Crippen LogP) is 1.86. The van der Waals surface area contributed by atoms with E-state index in [-0.39, 0.29) is 23.9 Å². The van der Waals surface area contributed by atoms with E-state index in [0.717, 1.165) is 18.5 Å². The lowest BCUT2D eigenvalue weighted by molar-refractivity contribution is -0.125. The molecule has 2 N–H and O–H groups in total. The van der Waals surface area contributed by atoms with Crippen molar-refractivity contribution in [3.8, 4) is 0 Å². The molecular weight excluding hydrogens is 212 g/mol. The molecule has 1 heterocycles. The molecule has 0 aromatic heterocycles. The van der Waals surface area contributed by atoms with Crippen LogP contribution in [0.5, 0.6) is 0 Å². The van der Waals surface area contributed by atoms with Crippen LogP contribution in [0.25, 0.3) is 0 Å². The maximum absolute atomic E-state index is 12.1. The van der Waals surface area contributed by atoms with Gasteiger partial charge in [-0.15, -0.1) is 0 Å². The van der Waals surface area contributed by atoms with Crippen LogP contribution in [0.1, 0.15) is 31.9 Å². The van der Waals surface area contributed by atoms with Gasteiger partial charge >= 0.3 is 0 Å². The van der Waals surface area contributed by atoms with Crippen LogP contribution in [0.15, 0.2) is 30.3 Å². The van der Waals surface area contributed by atoms with Gasteiger partial charge in [-0.2, -0.15) is 0 Å². The molecule has 1 aliphatic rings. The molecule has 1 aromatic carbocycles. The molecule has 0 saturated carbocycles. The van der Waals surface area contributed by atoms with Crippen molar-refractivity contribution in [2.75, 3.05) is 6.54 Å². The van der Waals surface area contributed by atoms with Crippen molar-refractivity contribution in [3.63, 3.8) is 0 Å². The summed E-state index contributed by atoms with van der Waals surface area (Å²) in [5.74, 6) is 0.278. The van der Waals surface area contributed by atoms with Gasteiger partial charge in [0.1, 0.15) is 0 Å². The van der Waals surface area contributed by atoms with E-state index in [1.165, 1.54) is 0 Å². The summed E-state index contributed by atoms with van der Waals surface area (Å²) in [6.07, 6.45) is 0.939. The third-order valence-electron chi connectivity index (χ3n) is 3.52. The maximum Gasteiger partial charge on any atom is 0.225 e. The van der Waals surface area contributed by atoms with Crippen molar-refractivity contribution in [2.45, 2.75) is 32.4 Å². The van der Waals surface area contributed by atoms with E-state index in [2.05, 4.69) is 17.6 Å². The van der Waals surface area contributed by atoms with E-state index < -0.39 is 0 Å². The Balaban J connectivity index is 1.95. The van der Waals surface area contributed by atoms with Crippen LogP contribution in [-0.4, -0.2) is 18.5 Å². The highest BCUT2D eigenvalue weighted by Gasteiger charge is 2.29. The fraction of sp³-hybridized carbons (Fsp3) is 0.500. The highest BCUT2D eigenvalue weighted by molar-refractivity contribution is 5.80. The maximum atomic E-state index is 12.1. The van der Waals surface area contributed by atoms with Gasteiger partial charge in [0.25, 0.3) is 0 Å². The summed E-state index contributed by atoms with van der Waals surface area (Å²) in [6.45, 7) is 5.05. The number of carbonyl (C=O) groups is 1. The van der Waals surface area contributed by atoms with Gasteiger partial charge in [0, 0.05) is 6.04 Å². The first-order chi connectivity index (χ1) is 8.18. The third kappa shape index (κ3) is 2.86. The molecule has 1 aromatic rings. The summed E-state index contributed by atoms with van der Waals surface area (Å²) >= 11 is 0. The van der Waals surface area contributed by atoms with Crippen LogP contribution in [0.2, 0.25) is 0 Å². The van der Waals surface area contributed by atoms with Crippen LogP contribution < -0.4 is 10.6 Å². The molecule has 0 spiro atoms. The van der Waals surface area contributed by atoms with E-state index in [0.29, 0.717) is 0 Å². The topological polar surface area (TPSA) is 41.1 Å². The van der Waals surface area contributed by atoms with Gasteiger partial charge in [0.15, 0.2) is 0 Å². The number of carbonyl (C=O) groups excluding carboxylic acids is 1. The molecule has 17 heavy (non-hydrogen) atoms. The first-order valence-electron chi connectivity index (χ1n) is 6.27. The van der Waals surface area contributed by atoms with Gasteiger partial charge in [-0.25, -0.2) is 0 Å². The molecule has 1 aliphatic heterocycles. The van der Waals surface area contributed by atoms with Crippen LogP contribution >= 0.6 is 0 Å². The average Bonchev–Trinajstić information content (AvgIpc) is 2.76. The van der Waals surface area contributed by atoms with Crippen molar-refractivity contribution in [2.24, 2.45) is 5.92 Å². The van der Waals surface area contributed by atoms with E-state index in [1.54, 1.807) is 0 Å². The molecule has 0 aliphatic carbocycles. The molecule has 2 rings (SSSR count). The van der Waals surface area contributed by atoms with Crippen LogP contribution in [-0.2, 0) is 4.79 Å². The van der Waals surface area contributed by atoms with Crippen molar-refractivity contribution in [1.82, 2.24) is 10.6 Å². The van der Waals surface area contributed by atoms with Gasteiger partial charge in [-0.05, 0) is 32.4 Å². The lowest BCUT2D eigenvalue weighted by Gasteiger charge is -2.19. The summed E-state index contributed by atoms with van der Waals surface area (Å²) < 4.78 is 0. The quantitative estimate of drug-likeness (QED) is 0.835. The van der Waals surface area contributed by atoms with Crippen LogP contribution in [0, 0.1) is 5.92 Å². The first-order valence-corrected chi connectivity index (χ1v) is 6.27. The summed E-state index contributed by atoms with van der Waals surface area (Å²) in [5.41, 5.74) is 1.15. The minimum Gasteiger partial charge on any atom is -0.349 e.